The fourth-order valence-corrected chi connectivity index (χ4v) is 4.38. The lowest BCUT2D eigenvalue weighted by Gasteiger charge is -2.48. The average molecular weight is 366 g/mol. The Bertz CT molecular complexity index is 555. The van der Waals surface area contributed by atoms with Crippen LogP contribution < -0.4 is 5.32 Å². The Hall–Kier alpha value is -1.67. The van der Waals surface area contributed by atoms with Gasteiger partial charge in [0.05, 0.1) is 19.7 Å². The van der Waals surface area contributed by atoms with E-state index in [4.69, 9.17) is 4.74 Å². The molecule has 0 saturated carbocycles. The van der Waals surface area contributed by atoms with Crippen LogP contribution in [0.4, 0.5) is 0 Å². The van der Waals surface area contributed by atoms with E-state index in [9.17, 15) is 14.4 Å². The van der Waals surface area contributed by atoms with E-state index in [0.29, 0.717) is 52.3 Å². The number of likely N-dealkylation sites (tertiary alicyclic amines) is 2. The molecular formula is C18H30N4O4. The molecule has 3 amide bonds. The summed E-state index contributed by atoms with van der Waals surface area (Å²) in [5.74, 6) is 0.272. The van der Waals surface area contributed by atoms with Gasteiger partial charge in [-0.25, -0.2) is 0 Å². The zero-order valence-corrected chi connectivity index (χ0v) is 15.7. The fraction of sp³-hybridized carbons (Fsp3) is 0.833. The number of piperidine rings is 2. The van der Waals surface area contributed by atoms with Gasteiger partial charge in [-0.2, -0.15) is 0 Å². The van der Waals surface area contributed by atoms with Crippen molar-refractivity contribution in [2.45, 2.75) is 25.7 Å². The van der Waals surface area contributed by atoms with Crippen molar-refractivity contribution in [1.29, 1.82) is 0 Å². The summed E-state index contributed by atoms with van der Waals surface area (Å²) in [7, 11) is 1.64. The molecule has 8 heteroatoms. The molecule has 0 bridgehead atoms. The van der Waals surface area contributed by atoms with Crippen molar-refractivity contribution in [3.8, 4) is 0 Å². The summed E-state index contributed by atoms with van der Waals surface area (Å²) in [4.78, 5) is 42.2. The molecule has 146 valence electrons. The Morgan fingerprint density at radius 3 is 2.85 bits per heavy atom. The van der Waals surface area contributed by atoms with Crippen molar-refractivity contribution in [3.63, 3.8) is 0 Å². The molecule has 0 aromatic rings. The summed E-state index contributed by atoms with van der Waals surface area (Å²) < 4.78 is 5.12. The van der Waals surface area contributed by atoms with Crippen LogP contribution in [0.5, 0.6) is 0 Å². The normalized spacial score (nSPS) is 27.7. The van der Waals surface area contributed by atoms with E-state index >= 15 is 0 Å². The smallest absolute Gasteiger partial charge is 0.236 e. The van der Waals surface area contributed by atoms with Crippen molar-refractivity contribution >= 4 is 17.7 Å². The van der Waals surface area contributed by atoms with Gasteiger partial charge in [0.1, 0.15) is 0 Å². The largest absolute Gasteiger partial charge is 0.383 e. The number of hydrogen-bond donors (Lipinski definition) is 1. The average Bonchev–Trinajstić information content (AvgIpc) is 2.63. The van der Waals surface area contributed by atoms with Crippen LogP contribution >= 0.6 is 0 Å². The molecule has 3 rings (SSSR count). The Balaban J connectivity index is 1.58. The summed E-state index contributed by atoms with van der Waals surface area (Å²) in [6.07, 6.45) is 3.43. The topological polar surface area (TPSA) is 82.2 Å². The number of amides is 3. The second-order valence-corrected chi connectivity index (χ2v) is 7.79. The third-order valence-electron chi connectivity index (χ3n) is 5.80. The van der Waals surface area contributed by atoms with Crippen molar-refractivity contribution < 1.29 is 19.1 Å². The number of carbonyl (C=O) groups is 3. The zero-order valence-electron chi connectivity index (χ0n) is 15.7. The number of hydrogen-bond acceptors (Lipinski definition) is 5. The summed E-state index contributed by atoms with van der Waals surface area (Å²) >= 11 is 0. The molecule has 26 heavy (non-hydrogen) atoms. The predicted molar refractivity (Wildman–Crippen MR) is 95.4 cm³/mol. The van der Waals surface area contributed by atoms with Crippen molar-refractivity contribution in [3.05, 3.63) is 0 Å². The summed E-state index contributed by atoms with van der Waals surface area (Å²) in [5, 5.41) is 2.78. The van der Waals surface area contributed by atoms with E-state index in [1.165, 1.54) is 0 Å². The first-order valence-corrected chi connectivity index (χ1v) is 9.55. The van der Waals surface area contributed by atoms with Gasteiger partial charge in [0.15, 0.2) is 0 Å². The first-order chi connectivity index (χ1) is 12.5. The van der Waals surface area contributed by atoms with Crippen molar-refractivity contribution in [2.24, 2.45) is 5.41 Å². The minimum atomic E-state index is -0.0151. The highest BCUT2D eigenvalue weighted by molar-refractivity contribution is 5.82. The quantitative estimate of drug-likeness (QED) is 0.696. The number of rotatable bonds is 5. The molecule has 0 aliphatic carbocycles. The van der Waals surface area contributed by atoms with Gasteiger partial charge in [-0.1, -0.05) is 0 Å². The second-order valence-electron chi connectivity index (χ2n) is 7.79. The Labute approximate surface area is 154 Å². The van der Waals surface area contributed by atoms with Crippen LogP contribution in [-0.2, 0) is 19.1 Å². The molecule has 0 aromatic heterocycles. The number of ether oxygens (including phenoxy) is 1. The van der Waals surface area contributed by atoms with Gasteiger partial charge < -0.3 is 19.9 Å². The van der Waals surface area contributed by atoms with E-state index in [2.05, 4.69) is 5.32 Å². The highest BCUT2D eigenvalue weighted by Crippen LogP contribution is 2.38. The number of carbonyl (C=O) groups excluding carboxylic acids is 3. The highest BCUT2D eigenvalue weighted by Gasteiger charge is 2.42. The molecule has 3 heterocycles. The predicted octanol–water partition coefficient (Wildman–Crippen LogP) is -0.704. The minimum Gasteiger partial charge on any atom is -0.383 e. The zero-order chi connectivity index (χ0) is 18.6. The molecule has 3 aliphatic rings. The number of piperazine rings is 1. The van der Waals surface area contributed by atoms with Crippen molar-refractivity contribution in [1.82, 2.24) is 20.0 Å². The first kappa shape index (κ1) is 19.1. The SMILES string of the molecule is COCCN1C[C@]2(CCCN(C(=O)CN3CCNC(=O)C3)C2)CCC1=O. The third-order valence-corrected chi connectivity index (χ3v) is 5.80. The van der Waals surface area contributed by atoms with Crippen LogP contribution in [-0.4, -0.2) is 98.5 Å². The first-order valence-electron chi connectivity index (χ1n) is 9.55. The molecule has 1 atom stereocenters. The maximum Gasteiger partial charge on any atom is 0.236 e. The second kappa shape index (κ2) is 8.35. The summed E-state index contributed by atoms with van der Waals surface area (Å²) in [5.41, 5.74) is 0.00876. The van der Waals surface area contributed by atoms with Crippen LogP contribution in [0.1, 0.15) is 25.7 Å². The lowest BCUT2D eigenvalue weighted by molar-refractivity contribution is -0.144. The van der Waals surface area contributed by atoms with Crippen LogP contribution in [0.2, 0.25) is 0 Å². The Morgan fingerprint density at radius 2 is 2.08 bits per heavy atom. The van der Waals surface area contributed by atoms with E-state index in [1.54, 1.807) is 7.11 Å². The maximum atomic E-state index is 12.8. The molecule has 0 aromatic carbocycles. The molecule has 3 saturated heterocycles. The lowest BCUT2D eigenvalue weighted by atomic mass is 9.73. The summed E-state index contributed by atoms with van der Waals surface area (Å²) in [6, 6.07) is 0. The van der Waals surface area contributed by atoms with Gasteiger partial charge in [-0.15, -0.1) is 0 Å². The van der Waals surface area contributed by atoms with Crippen LogP contribution in [0.3, 0.4) is 0 Å². The maximum absolute atomic E-state index is 12.8. The Kier molecular flexibility index (Phi) is 6.13. The minimum absolute atomic E-state index is 0.00876. The molecule has 0 unspecified atom stereocenters. The Morgan fingerprint density at radius 1 is 1.23 bits per heavy atom. The van der Waals surface area contributed by atoms with E-state index < -0.39 is 0 Å². The molecule has 1 N–H and O–H groups in total. The van der Waals surface area contributed by atoms with E-state index in [-0.39, 0.29) is 23.1 Å². The molecule has 1 spiro atoms. The number of nitrogens with one attached hydrogen (secondary N) is 1. The monoisotopic (exact) mass is 366 g/mol. The molecule has 0 radical (unpaired) electrons. The standard InChI is InChI=1S/C18H30N4O4/c1-26-10-9-22-14-18(5-3-16(22)24)4-2-7-21(13-18)17(25)12-20-8-6-19-15(23)11-20/h2-14H2,1H3,(H,19,23)/t18-/m1/s1. The molecule has 8 nitrogen and oxygen atoms in total. The van der Waals surface area contributed by atoms with Gasteiger partial charge in [0.25, 0.3) is 0 Å². The van der Waals surface area contributed by atoms with E-state index in [0.717, 1.165) is 32.4 Å². The third kappa shape index (κ3) is 4.54. The van der Waals surface area contributed by atoms with Crippen LogP contribution in [0.15, 0.2) is 0 Å². The van der Waals surface area contributed by atoms with Gasteiger partial charge in [-0.05, 0) is 19.3 Å². The lowest BCUT2D eigenvalue weighted by Crippen LogP contribution is -2.57. The molecule has 3 fully saturated rings. The van der Waals surface area contributed by atoms with Gasteiger partial charge >= 0.3 is 0 Å². The number of methoxy groups -OCH3 is 1. The molecule has 3 aliphatic heterocycles. The van der Waals surface area contributed by atoms with Gasteiger partial charge in [-0.3, -0.25) is 19.3 Å². The fourth-order valence-electron chi connectivity index (χ4n) is 4.38. The van der Waals surface area contributed by atoms with Gasteiger partial charge in [0, 0.05) is 58.2 Å². The number of nitrogens with zero attached hydrogens (tertiary/aromatic N) is 3. The summed E-state index contributed by atoms with van der Waals surface area (Å²) in [6.45, 7) is 5.28. The van der Waals surface area contributed by atoms with E-state index in [1.807, 2.05) is 14.7 Å². The molecular weight excluding hydrogens is 336 g/mol. The van der Waals surface area contributed by atoms with Crippen LogP contribution in [0, 0.1) is 5.41 Å². The van der Waals surface area contributed by atoms with Crippen LogP contribution in [0.25, 0.3) is 0 Å². The van der Waals surface area contributed by atoms with Crippen molar-refractivity contribution in [2.75, 3.05) is 66.1 Å². The van der Waals surface area contributed by atoms with Gasteiger partial charge in [0.2, 0.25) is 17.7 Å². The highest BCUT2D eigenvalue weighted by atomic mass is 16.5.